The van der Waals surface area contributed by atoms with E-state index < -0.39 is 39.2 Å². The Hall–Kier alpha value is -3.20. The van der Waals surface area contributed by atoms with Crippen LogP contribution in [0.5, 0.6) is 0 Å². The van der Waals surface area contributed by atoms with Crippen LogP contribution in [-0.2, 0) is 25.8 Å². The van der Waals surface area contributed by atoms with Gasteiger partial charge in [0.05, 0.1) is 23.5 Å². The van der Waals surface area contributed by atoms with Crippen LogP contribution in [0.15, 0.2) is 47.5 Å². The lowest BCUT2D eigenvalue weighted by Crippen LogP contribution is -2.51. The zero-order valence-corrected chi connectivity index (χ0v) is 27.4. The molecule has 0 saturated carbocycles. The van der Waals surface area contributed by atoms with E-state index >= 15 is 0 Å². The van der Waals surface area contributed by atoms with Crippen molar-refractivity contribution in [3.63, 3.8) is 0 Å². The first-order chi connectivity index (χ1) is 22.3. The Morgan fingerprint density at radius 3 is 2.43 bits per heavy atom. The number of carboxylic acids is 1. The van der Waals surface area contributed by atoms with E-state index in [0.29, 0.717) is 57.3 Å². The molecule has 2 fully saturated rings. The number of Topliss-reactive ketones (excluding diaryl/α,β-unsaturated/α-hetero) is 2. The predicted octanol–water partition coefficient (Wildman–Crippen LogP) is 4.76. The second kappa shape index (κ2) is 16.3. The van der Waals surface area contributed by atoms with E-state index in [9.17, 15) is 36.0 Å². The Morgan fingerprint density at radius 1 is 1.02 bits per heavy atom. The van der Waals surface area contributed by atoms with Crippen molar-refractivity contribution in [2.75, 3.05) is 39.3 Å². The second-order valence-corrected chi connectivity index (χ2v) is 14.1. The number of hydrogen-bond donors (Lipinski definition) is 2. The SMILES string of the molecule is CCCC1C(C(=O)CN2CCC(c3ccccc3S(=O)(=O)NCCCC(=O)O)CC2)CCCN1CC(=O)c1ncccc1C(F)(F)F. The van der Waals surface area contributed by atoms with Gasteiger partial charge in [0.2, 0.25) is 10.0 Å². The summed E-state index contributed by atoms with van der Waals surface area (Å²) in [5.41, 5.74) is -0.964. The van der Waals surface area contributed by atoms with E-state index in [-0.39, 0.29) is 61.0 Å². The molecule has 1 aromatic heterocycles. The van der Waals surface area contributed by atoms with Crippen LogP contribution in [0.1, 0.15) is 85.8 Å². The first kappa shape index (κ1) is 36.6. The molecule has 2 unspecified atom stereocenters. The highest BCUT2D eigenvalue weighted by Crippen LogP contribution is 2.35. The summed E-state index contributed by atoms with van der Waals surface area (Å²) in [6.45, 7) is 3.66. The van der Waals surface area contributed by atoms with Crippen molar-refractivity contribution in [1.29, 1.82) is 0 Å². The summed E-state index contributed by atoms with van der Waals surface area (Å²) in [5.74, 6) is -2.05. The standard InChI is InChI=1S/C33H43F3N4O6S/c1-2-8-27-25(10-7-18-40(27)22-29(42)32-26(33(34,35)36)11-5-16-37-32)28(41)21-39-19-14-23(15-20-39)24-9-3-4-12-30(24)47(45,46)38-17-6-13-31(43)44/h3-5,9,11-12,16,23,25,27,38H,2,6-8,10,13-15,17-22H2,1H3,(H,43,44). The van der Waals surface area contributed by atoms with E-state index in [4.69, 9.17) is 5.11 Å². The maximum absolute atomic E-state index is 13.7. The first-order valence-corrected chi connectivity index (χ1v) is 17.6. The maximum atomic E-state index is 13.7. The van der Waals surface area contributed by atoms with Crippen molar-refractivity contribution in [1.82, 2.24) is 19.5 Å². The quantitative estimate of drug-likeness (QED) is 0.202. The minimum atomic E-state index is -4.70. The molecular formula is C33H43F3N4O6S. The fourth-order valence-corrected chi connectivity index (χ4v) is 8.19. The number of hydrogen-bond acceptors (Lipinski definition) is 8. The Kier molecular flexibility index (Phi) is 12.7. The van der Waals surface area contributed by atoms with Gasteiger partial charge in [0.15, 0.2) is 11.6 Å². The van der Waals surface area contributed by atoms with Gasteiger partial charge in [-0.3, -0.25) is 29.2 Å². The number of likely N-dealkylation sites (tertiary alicyclic amines) is 2. The number of carbonyl (C=O) groups is 3. The van der Waals surface area contributed by atoms with Crippen LogP contribution in [-0.4, -0.2) is 91.2 Å². The predicted molar refractivity (Wildman–Crippen MR) is 168 cm³/mol. The van der Waals surface area contributed by atoms with E-state index in [2.05, 4.69) is 14.6 Å². The highest BCUT2D eigenvalue weighted by Gasteiger charge is 2.40. The average Bonchev–Trinajstić information content (AvgIpc) is 3.04. The maximum Gasteiger partial charge on any atom is 0.418 e. The molecule has 2 atom stereocenters. The Balaban J connectivity index is 1.37. The topological polar surface area (TPSA) is 137 Å². The van der Waals surface area contributed by atoms with Crippen molar-refractivity contribution in [3.05, 3.63) is 59.4 Å². The van der Waals surface area contributed by atoms with Crippen molar-refractivity contribution in [2.45, 2.75) is 81.3 Å². The van der Waals surface area contributed by atoms with Gasteiger partial charge in [-0.2, -0.15) is 13.2 Å². The van der Waals surface area contributed by atoms with Gasteiger partial charge in [-0.05, 0) is 87.8 Å². The van der Waals surface area contributed by atoms with E-state index in [1.54, 1.807) is 24.3 Å². The Morgan fingerprint density at radius 2 is 1.74 bits per heavy atom. The van der Waals surface area contributed by atoms with Crippen molar-refractivity contribution < 1.29 is 41.1 Å². The number of carbonyl (C=O) groups excluding carboxylic acids is 2. The summed E-state index contributed by atoms with van der Waals surface area (Å²) in [6, 6.07) is 8.55. The second-order valence-electron chi connectivity index (χ2n) is 12.3. The smallest absolute Gasteiger partial charge is 0.418 e. The molecule has 0 radical (unpaired) electrons. The van der Waals surface area contributed by atoms with Crippen LogP contribution in [0.4, 0.5) is 13.2 Å². The van der Waals surface area contributed by atoms with Gasteiger partial charge in [0, 0.05) is 31.1 Å². The third-order valence-electron chi connectivity index (χ3n) is 9.09. The number of ketones is 2. The van der Waals surface area contributed by atoms with E-state index in [1.165, 1.54) is 6.20 Å². The van der Waals surface area contributed by atoms with Gasteiger partial charge >= 0.3 is 12.1 Å². The lowest BCUT2D eigenvalue weighted by Gasteiger charge is -2.41. The first-order valence-electron chi connectivity index (χ1n) is 16.2. The molecule has 14 heteroatoms. The van der Waals surface area contributed by atoms with Crippen LogP contribution in [0.25, 0.3) is 0 Å². The zero-order valence-electron chi connectivity index (χ0n) is 26.5. The zero-order chi connectivity index (χ0) is 34.2. The molecule has 3 heterocycles. The van der Waals surface area contributed by atoms with Gasteiger partial charge in [-0.25, -0.2) is 13.1 Å². The molecule has 0 spiro atoms. The molecule has 2 aromatic rings. The summed E-state index contributed by atoms with van der Waals surface area (Å²) in [7, 11) is -3.84. The summed E-state index contributed by atoms with van der Waals surface area (Å²) >= 11 is 0. The van der Waals surface area contributed by atoms with Crippen molar-refractivity contribution in [2.24, 2.45) is 5.92 Å². The molecule has 2 N–H and O–H groups in total. The Labute approximate surface area is 273 Å². The van der Waals surface area contributed by atoms with Gasteiger partial charge in [0.1, 0.15) is 5.69 Å². The molecule has 0 amide bonds. The summed E-state index contributed by atoms with van der Waals surface area (Å²) in [6.07, 6.45) is 0.495. The number of aromatic nitrogens is 1. The van der Waals surface area contributed by atoms with Crippen LogP contribution in [0.3, 0.4) is 0 Å². The lowest BCUT2D eigenvalue weighted by molar-refractivity contribution is -0.138. The van der Waals surface area contributed by atoms with E-state index in [0.717, 1.165) is 18.6 Å². The summed E-state index contributed by atoms with van der Waals surface area (Å²) in [5, 5.41) is 8.82. The number of piperidine rings is 2. The third-order valence-corrected chi connectivity index (χ3v) is 10.6. The Bertz CT molecular complexity index is 1510. The van der Waals surface area contributed by atoms with Gasteiger partial charge < -0.3 is 5.11 Å². The molecule has 0 bridgehead atoms. The highest BCUT2D eigenvalue weighted by atomic mass is 32.2. The number of rotatable bonds is 15. The van der Waals surface area contributed by atoms with Crippen molar-refractivity contribution in [3.8, 4) is 0 Å². The molecule has 0 aliphatic carbocycles. The number of alkyl halides is 3. The molecular weight excluding hydrogens is 637 g/mol. The summed E-state index contributed by atoms with van der Waals surface area (Å²) in [4.78, 5) is 45.4. The minimum Gasteiger partial charge on any atom is -0.481 e. The van der Waals surface area contributed by atoms with Gasteiger partial charge in [0.25, 0.3) is 0 Å². The minimum absolute atomic E-state index is 0.0209. The van der Waals surface area contributed by atoms with E-state index in [1.807, 2.05) is 11.8 Å². The highest BCUT2D eigenvalue weighted by molar-refractivity contribution is 7.89. The number of pyridine rings is 1. The van der Waals surface area contributed by atoms with Gasteiger partial charge in [-0.1, -0.05) is 31.5 Å². The monoisotopic (exact) mass is 680 g/mol. The lowest BCUT2D eigenvalue weighted by atomic mass is 9.82. The van der Waals surface area contributed by atoms with Crippen molar-refractivity contribution >= 4 is 27.6 Å². The normalized spacial score (nSPS) is 20.3. The summed E-state index contributed by atoms with van der Waals surface area (Å²) < 4.78 is 69.2. The number of nitrogens with one attached hydrogen (secondary N) is 1. The van der Waals surface area contributed by atoms with Crippen LogP contribution < -0.4 is 4.72 Å². The largest absolute Gasteiger partial charge is 0.481 e. The van der Waals surface area contributed by atoms with Crippen LogP contribution in [0.2, 0.25) is 0 Å². The molecule has 2 aliphatic heterocycles. The molecule has 2 aliphatic rings. The third kappa shape index (κ3) is 9.68. The number of nitrogens with zero attached hydrogens (tertiary/aromatic N) is 3. The number of halogens is 3. The molecule has 47 heavy (non-hydrogen) atoms. The number of aliphatic carboxylic acids is 1. The molecule has 2 saturated heterocycles. The van der Waals surface area contributed by atoms with Gasteiger partial charge in [-0.15, -0.1) is 0 Å². The number of benzene rings is 1. The molecule has 1 aromatic carbocycles. The molecule has 258 valence electrons. The fraction of sp³-hybridized carbons (Fsp3) is 0.576. The number of sulfonamides is 1. The van der Waals surface area contributed by atoms with Crippen LogP contribution >= 0.6 is 0 Å². The molecule has 10 nitrogen and oxygen atoms in total. The van der Waals surface area contributed by atoms with Crippen LogP contribution in [0, 0.1) is 5.92 Å². The average molecular weight is 681 g/mol. The fourth-order valence-electron chi connectivity index (χ4n) is 6.82. The number of carboxylic acid groups (broad SMARTS) is 1. The molecule has 4 rings (SSSR count).